The number of ether oxygens (including phenoxy) is 1. The molecule has 1 aliphatic rings. The third-order valence-electron chi connectivity index (χ3n) is 5.99. The number of carbonyl (C=O) groups excluding carboxylic acids is 1. The van der Waals surface area contributed by atoms with Crippen LogP contribution in [0.5, 0.6) is 5.75 Å². The molecule has 6 nitrogen and oxygen atoms in total. The molecule has 2 heterocycles. The van der Waals surface area contributed by atoms with Crippen molar-refractivity contribution in [1.82, 2.24) is 14.7 Å². The lowest BCUT2D eigenvalue weighted by Crippen LogP contribution is -2.45. The molecule has 1 atom stereocenters. The molecule has 0 saturated heterocycles. The molecule has 1 aromatic heterocycles. The molecule has 0 spiro atoms. The van der Waals surface area contributed by atoms with Crippen molar-refractivity contribution < 1.29 is 22.7 Å². The van der Waals surface area contributed by atoms with Gasteiger partial charge in [-0.15, -0.1) is 0 Å². The quantitative estimate of drug-likeness (QED) is 0.540. The van der Waals surface area contributed by atoms with Gasteiger partial charge in [0.05, 0.1) is 17.8 Å². The van der Waals surface area contributed by atoms with Crippen molar-refractivity contribution in [3.63, 3.8) is 0 Å². The zero-order valence-electron chi connectivity index (χ0n) is 19.8. The summed E-state index contributed by atoms with van der Waals surface area (Å²) in [6.07, 6.45) is -2.23. The number of nitrogens with zero attached hydrogens (tertiary/aromatic N) is 3. The number of hydrogen-bond acceptors (Lipinski definition) is 4. The van der Waals surface area contributed by atoms with Gasteiger partial charge in [-0.25, -0.2) is 0 Å². The van der Waals surface area contributed by atoms with E-state index in [2.05, 4.69) is 24.3 Å². The average Bonchev–Trinajstić information content (AvgIpc) is 3.28. The molecule has 2 aromatic carbocycles. The molecule has 0 bridgehead atoms. The van der Waals surface area contributed by atoms with E-state index in [0.717, 1.165) is 39.6 Å². The summed E-state index contributed by atoms with van der Waals surface area (Å²) in [5.41, 5.74) is 1.94. The van der Waals surface area contributed by atoms with E-state index >= 15 is 0 Å². The van der Waals surface area contributed by atoms with Crippen LogP contribution >= 0.6 is 0 Å². The van der Waals surface area contributed by atoms with Crippen molar-refractivity contribution in [2.24, 2.45) is 5.92 Å². The number of hydrogen-bond donors (Lipinski definition) is 1. The highest BCUT2D eigenvalue weighted by atomic mass is 19.4. The van der Waals surface area contributed by atoms with E-state index < -0.39 is 11.7 Å². The molecule has 1 aliphatic heterocycles. The van der Waals surface area contributed by atoms with Crippen molar-refractivity contribution in [2.75, 3.05) is 11.9 Å². The lowest BCUT2D eigenvalue weighted by atomic mass is 10.0. The highest BCUT2D eigenvalue weighted by Gasteiger charge is 2.33. The van der Waals surface area contributed by atoms with E-state index in [0.29, 0.717) is 19.5 Å². The molecule has 0 aliphatic carbocycles. The van der Waals surface area contributed by atoms with Crippen LogP contribution in [-0.2, 0) is 30.6 Å². The van der Waals surface area contributed by atoms with Gasteiger partial charge in [-0.05, 0) is 30.0 Å². The number of benzene rings is 2. The third-order valence-corrected chi connectivity index (χ3v) is 5.99. The maximum atomic E-state index is 13.5. The second kappa shape index (κ2) is 10.4. The number of halogens is 3. The molecule has 1 N–H and O–H groups in total. The number of alkyl halides is 3. The Hall–Kier alpha value is -3.49. The van der Waals surface area contributed by atoms with E-state index in [1.807, 2.05) is 48.5 Å². The number of anilines is 1. The Balaban J connectivity index is 1.68. The fraction of sp³-hybridized carbons (Fsp3) is 0.385. The number of rotatable bonds is 4. The monoisotopic (exact) mass is 486 g/mol. The van der Waals surface area contributed by atoms with Crippen LogP contribution in [0.2, 0.25) is 0 Å². The summed E-state index contributed by atoms with van der Waals surface area (Å²) in [5.74, 6) is 0.690. The summed E-state index contributed by atoms with van der Waals surface area (Å²) in [7, 11) is 0. The van der Waals surface area contributed by atoms with Gasteiger partial charge in [-0.1, -0.05) is 50.2 Å². The Bertz CT molecular complexity index is 1160. The number of fused-ring (bicyclic) bond motifs is 2. The van der Waals surface area contributed by atoms with Crippen LogP contribution in [0.1, 0.15) is 37.0 Å². The molecular formula is C26H29F3N4O2. The van der Waals surface area contributed by atoms with Gasteiger partial charge in [0, 0.05) is 30.5 Å². The molecule has 0 radical (unpaired) electrons. The van der Waals surface area contributed by atoms with Gasteiger partial charge < -0.3 is 15.0 Å². The molecule has 0 fully saturated rings. The Labute approximate surface area is 202 Å². The van der Waals surface area contributed by atoms with E-state index in [1.165, 1.54) is 0 Å². The fourth-order valence-corrected chi connectivity index (χ4v) is 4.26. The summed E-state index contributed by atoms with van der Waals surface area (Å²) in [6.45, 7) is 4.98. The Morgan fingerprint density at radius 3 is 2.57 bits per heavy atom. The summed E-state index contributed by atoms with van der Waals surface area (Å²) in [5, 5.41) is 7.21. The van der Waals surface area contributed by atoms with E-state index in [4.69, 9.17) is 4.74 Å². The van der Waals surface area contributed by atoms with Crippen molar-refractivity contribution in [1.29, 1.82) is 0 Å². The van der Waals surface area contributed by atoms with Crippen molar-refractivity contribution in [3.05, 3.63) is 77.6 Å². The zero-order chi connectivity index (χ0) is 25.0. The standard InChI is InChI=1S/C26H29F3N4O2/c1-18(2)11-22-17-35-24-10-6-4-7-19(24)12-30-23-9-5-3-8-20(23)14-33(22)25(34)16-32-15-21(13-31-32)26(27,28)29/h3-10,13,15,18,22,30H,11-12,14,16-17H2,1-2H3/t22-/m0/s1. The first-order chi connectivity index (χ1) is 16.7. The summed E-state index contributed by atoms with van der Waals surface area (Å²) < 4.78 is 46.4. The van der Waals surface area contributed by atoms with Gasteiger partial charge in [-0.2, -0.15) is 18.3 Å². The first-order valence-corrected chi connectivity index (χ1v) is 11.6. The van der Waals surface area contributed by atoms with Crippen LogP contribution < -0.4 is 10.1 Å². The first-order valence-electron chi connectivity index (χ1n) is 11.6. The van der Waals surface area contributed by atoms with Gasteiger partial charge in [0.2, 0.25) is 5.91 Å². The third kappa shape index (κ3) is 6.15. The molecule has 0 saturated carbocycles. The van der Waals surface area contributed by atoms with Crippen molar-refractivity contribution >= 4 is 11.6 Å². The number of amides is 1. The Kier molecular flexibility index (Phi) is 7.33. The fourth-order valence-electron chi connectivity index (χ4n) is 4.26. The van der Waals surface area contributed by atoms with Crippen LogP contribution in [0.15, 0.2) is 60.9 Å². The zero-order valence-corrected chi connectivity index (χ0v) is 19.8. The summed E-state index contributed by atoms with van der Waals surface area (Å²) in [4.78, 5) is 15.2. The molecule has 186 valence electrons. The minimum absolute atomic E-state index is 0.272. The number of carbonyl (C=O) groups is 1. The van der Waals surface area contributed by atoms with Gasteiger partial charge in [0.1, 0.15) is 18.9 Å². The van der Waals surface area contributed by atoms with Crippen LogP contribution in [0.25, 0.3) is 0 Å². The lowest BCUT2D eigenvalue weighted by Gasteiger charge is -2.33. The number of nitrogens with one attached hydrogen (secondary N) is 1. The topological polar surface area (TPSA) is 59.4 Å². The molecule has 9 heteroatoms. The Morgan fingerprint density at radius 2 is 1.86 bits per heavy atom. The molecular weight excluding hydrogens is 457 g/mol. The van der Waals surface area contributed by atoms with E-state index in [1.54, 1.807) is 4.90 Å². The van der Waals surface area contributed by atoms with Gasteiger partial charge in [0.15, 0.2) is 0 Å². The summed E-state index contributed by atoms with van der Waals surface area (Å²) in [6, 6.07) is 15.2. The van der Waals surface area contributed by atoms with Gasteiger partial charge in [0.25, 0.3) is 0 Å². The molecule has 35 heavy (non-hydrogen) atoms. The molecule has 4 rings (SSSR count). The highest BCUT2D eigenvalue weighted by molar-refractivity contribution is 5.76. The lowest BCUT2D eigenvalue weighted by molar-refractivity contribution is -0.138. The first kappa shape index (κ1) is 24.6. The van der Waals surface area contributed by atoms with E-state index in [9.17, 15) is 18.0 Å². The maximum Gasteiger partial charge on any atom is 0.419 e. The van der Waals surface area contributed by atoms with Crippen molar-refractivity contribution in [3.8, 4) is 5.75 Å². The summed E-state index contributed by atoms with van der Waals surface area (Å²) >= 11 is 0. The number of aromatic nitrogens is 2. The van der Waals surface area contributed by atoms with Crippen LogP contribution in [0.4, 0.5) is 18.9 Å². The second-order valence-electron chi connectivity index (χ2n) is 9.16. The van der Waals surface area contributed by atoms with Gasteiger partial charge in [-0.3, -0.25) is 9.48 Å². The highest BCUT2D eigenvalue weighted by Crippen LogP contribution is 2.29. The molecule has 3 aromatic rings. The number of para-hydroxylation sites is 2. The van der Waals surface area contributed by atoms with E-state index in [-0.39, 0.29) is 31.0 Å². The van der Waals surface area contributed by atoms with Crippen molar-refractivity contribution in [2.45, 2.75) is 52.1 Å². The molecule has 1 amide bonds. The SMILES string of the molecule is CC(C)C[C@H]1COc2ccccc2CNc2ccccc2CN1C(=O)Cn1cc(C(F)(F)F)cn1. The van der Waals surface area contributed by atoms with Gasteiger partial charge >= 0.3 is 6.18 Å². The largest absolute Gasteiger partial charge is 0.491 e. The predicted octanol–water partition coefficient (Wildman–Crippen LogP) is 5.35. The normalized spacial score (nSPS) is 16.5. The minimum Gasteiger partial charge on any atom is -0.491 e. The second-order valence-corrected chi connectivity index (χ2v) is 9.16. The van der Waals surface area contributed by atoms with Crippen LogP contribution in [0.3, 0.4) is 0 Å². The maximum absolute atomic E-state index is 13.5. The molecule has 0 unspecified atom stereocenters. The Morgan fingerprint density at radius 1 is 1.14 bits per heavy atom. The van der Waals surface area contributed by atoms with Crippen LogP contribution in [-0.4, -0.2) is 33.2 Å². The minimum atomic E-state index is -4.51. The predicted molar refractivity (Wildman–Crippen MR) is 127 cm³/mol. The van der Waals surface area contributed by atoms with Crippen LogP contribution in [0, 0.1) is 5.92 Å². The smallest absolute Gasteiger partial charge is 0.419 e. The average molecular weight is 487 g/mol.